The molecule has 1 aliphatic carbocycles. The largest absolute Gasteiger partial charge is 0.494 e. The fraction of sp³-hybridized carbons (Fsp3) is 0.462. The van der Waals surface area contributed by atoms with Crippen molar-refractivity contribution in [1.29, 1.82) is 0 Å². The number of tetrazole rings is 1. The van der Waals surface area contributed by atoms with E-state index >= 15 is 4.39 Å². The van der Waals surface area contributed by atoms with Crippen molar-refractivity contribution in [2.24, 2.45) is 13.0 Å². The van der Waals surface area contributed by atoms with E-state index in [2.05, 4.69) is 15.4 Å². The zero-order chi connectivity index (χ0) is 23.5. The zero-order valence-electron chi connectivity index (χ0n) is 19.9. The molecule has 8 heteroatoms. The molecule has 1 saturated carbocycles. The van der Waals surface area contributed by atoms with Crippen LogP contribution < -0.4 is 4.74 Å². The van der Waals surface area contributed by atoms with Crippen molar-refractivity contribution in [3.8, 4) is 17.0 Å². The minimum atomic E-state index is -0.319. The van der Waals surface area contributed by atoms with E-state index in [0.29, 0.717) is 36.0 Å². The predicted octanol–water partition coefficient (Wildman–Crippen LogP) is 5.46. The van der Waals surface area contributed by atoms with Crippen molar-refractivity contribution in [2.45, 2.75) is 58.4 Å². The third-order valence-corrected chi connectivity index (χ3v) is 6.76. The molecular formula is C26H31FN6O. The van der Waals surface area contributed by atoms with Crippen LogP contribution in [-0.4, -0.2) is 36.6 Å². The third kappa shape index (κ3) is 4.81. The summed E-state index contributed by atoms with van der Waals surface area (Å²) in [6.45, 7) is 3.03. The minimum Gasteiger partial charge on any atom is -0.494 e. The second-order valence-electron chi connectivity index (χ2n) is 9.31. The van der Waals surface area contributed by atoms with Crippen molar-refractivity contribution in [2.75, 3.05) is 6.61 Å². The maximum absolute atomic E-state index is 15.0. The van der Waals surface area contributed by atoms with Crippen LogP contribution in [0.1, 0.15) is 56.3 Å². The van der Waals surface area contributed by atoms with E-state index in [1.165, 1.54) is 49.4 Å². The summed E-state index contributed by atoms with van der Waals surface area (Å²) in [5.41, 5.74) is 3.01. The van der Waals surface area contributed by atoms with Gasteiger partial charge in [0.25, 0.3) is 0 Å². The van der Waals surface area contributed by atoms with Gasteiger partial charge in [0.2, 0.25) is 0 Å². The Kier molecular flexibility index (Phi) is 6.56. The number of hydrogen-bond acceptors (Lipinski definition) is 5. The van der Waals surface area contributed by atoms with Gasteiger partial charge in [-0.05, 0) is 54.7 Å². The Morgan fingerprint density at radius 2 is 1.94 bits per heavy atom. The van der Waals surface area contributed by atoms with E-state index in [4.69, 9.17) is 9.84 Å². The van der Waals surface area contributed by atoms with E-state index in [9.17, 15) is 0 Å². The highest BCUT2D eigenvalue weighted by Gasteiger charge is 2.19. The molecule has 4 aromatic rings. The summed E-state index contributed by atoms with van der Waals surface area (Å²) < 4.78 is 22.9. The highest BCUT2D eigenvalue weighted by atomic mass is 19.1. The lowest BCUT2D eigenvalue weighted by Gasteiger charge is -2.21. The molecule has 1 fully saturated rings. The first-order chi connectivity index (χ1) is 16.6. The van der Waals surface area contributed by atoms with Crippen LogP contribution in [0.5, 0.6) is 5.75 Å². The monoisotopic (exact) mass is 462 g/mol. The van der Waals surface area contributed by atoms with Gasteiger partial charge >= 0.3 is 0 Å². The maximum Gasteiger partial charge on any atom is 0.196 e. The van der Waals surface area contributed by atoms with Gasteiger partial charge in [-0.3, -0.25) is 4.68 Å². The first kappa shape index (κ1) is 22.5. The molecule has 2 heterocycles. The molecule has 1 aliphatic rings. The zero-order valence-corrected chi connectivity index (χ0v) is 19.9. The lowest BCUT2D eigenvalue weighted by Crippen LogP contribution is -2.08. The summed E-state index contributed by atoms with van der Waals surface area (Å²) in [5.74, 6) is 1.74. The van der Waals surface area contributed by atoms with Crippen molar-refractivity contribution < 1.29 is 9.13 Å². The number of ether oxygens (including phenoxy) is 1. The smallest absolute Gasteiger partial charge is 0.196 e. The molecule has 0 atom stereocenters. The molecule has 5 rings (SSSR count). The number of hydrogen-bond donors (Lipinski definition) is 0. The number of para-hydroxylation sites is 1. The standard InChI is InChI=1S/C26H31FN6O/c1-18-8-6-12-21-25(30-33(26(18)21)17-24-28-31-32(2)29-24)22-16-20(13-14-23(22)27)34-15-7-11-19-9-4-3-5-10-19/h6,8,12-14,16,19H,3-5,7,9-11,15,17H2,1-2H3. The summed E-state index contributed by atoms with van der Waals surface area (Å²) in [4.78, 5) is 1.42. The molecule has 0 N–H and O–H groups in total. The summed E-state index contributed by atoms with van der Waals surface area (Å²) in [7, 11) is 1.73. The summed E-state index contributed by atoms with van der Waals surface area (Å²) in [6, 6.07) is 10.9. The molecule has 34 heavy (non-hydrogen) atoms. The lowest BCUT2D eigenvalue weighted by molar-refractivity contribution is 0.269. The average Bonchev–Trinajstić information content (AvgIpc) is 3.42. The van der Waals surface area contributed by atoms with Gasteiger partial charge in [-0.25, -0.2) is 4.39 Å². The Balaban J connectivity index is 1.38. The Bertz CT molecular complexity index is 1270. The maximum atomic E-state index is 15.0. The molecule has 0 aliphatic heterocycles. The summed E-state index contributed by atoms with van der Waals surface area (Å²) in [6.07, 6.45) is 9.03. The number of nitrogens with zero attached hydrogens (tertiary/aromatic N) is 6. The average molecular weight is 463 g/mol. The van der Waals surface area contributed by atoms with Crippen LogP contribution in [0.25, 0.3) is 22.2 Å². The molecule has 178 valence electrons. The highest BCUT2D eigenvalue weighted by Crippen LogP contribution is 2.34. The fourth-order valence-corrected chi connectivity index (χ4v) is 5.06. The van der Waals surface area contributed by atoms with E-state index in [1.54, 1.807) is 19.2 Å². The van der Waals surface area contributed by atoms with E-state index in [0.717, 1.165) is 28.8 Å². The Hall–Kier alpha value is -3.29. The van der Waals surface area contributed by atoms with Crippen molar-refractivity contribution >= 4 is 10.9 Å². The summed E-state index contributed by atoms with van der Waals surface area (Å²) >= 11 is 0. The van der Waals surface area contributed by atoms with Gasteiger partial charge in [-0.15, -0.1) is 10.2 Å². The molecular weight excluding hydrogens is 431 g/mol. The normalized spacial score (nSPS) is 14.7. The van der Waals surface area contributed by atoms with Crippen LogP contribution in [-0.2, 0) is 13.6 Å². The first-order valence-electron chi connectivity index (χ1n) is 12.2. The Labute approximate surface area is 198 Å². The molecule has 0 bridgehead atoms. The van der Waals surface area contributed by atoms with Gasteiger partial charge in [0, 0.05) is 10.9 Å². The Morgan fingerprint density at radius 3 is 2.74 bits per heavy atom. The molecule has 2 aromatic carbocycles. The molecule has 0 amide bonds. The second-order valence-corrected chi connectivity index (χ2v) is 9.31. The minimum absolute atomic E-state index is 0.319. The quantitative estimate of drug-likeness (QED) is 0.325. The van der Waals surface area contributed by atoms with Crippen molar-refractivity contribution in [1.82, 2.24) is 30.0 Å². The number of aryl methyl sites for hydroxylation is 2. The van der Waals surface area contributed by atoms with Crippen LogP contribution in [0, 0.1) is 18.7 Å². The fourth-order valence-electron chi connectivity index (χ4n) is 5.06. The van der Waals surface area contributed by atoms with Crippen LogP contribution in [0.2, 0.25) is 0 Å². The second kappa shape index (κ2) is 9.91. The number of aromatic nitrogens is 6. The van der Waals surface area contributed by atoms with Crippen molar-refractivity contribution in [3.63, 3.8) is 0 Å². The Morgan fingerprint density at radius 1 is 1.09 bits per heavy atom. The number of rotatable bonds is 8. The molecule has 0 radical (unpaired) electrons. The van der Waals surface area contributed by atoms with Gasteiger partial charge < -0.3 is 4.74 Å². The van der Waals surface area contributed by atoms with Crippen LogP contribution >= 0.6 is 0 Å². The predicted molar refractivity (Wildman–Crippen MR) is 129 cm³/mol. The highest BCUT2D eigenvalue weighted by molar-refractivity contribution is 5.95. The van der Waals surface area contributed by atoms with Crippen LogP contribution in [0.15, 0.2) is 36.4 Å². The lowest BCUT2D eigenvalue weighted by atomic mass is 9.86. The van der Waals surface area contributed by atoms with E-state index in [-0.39, 0.29) is 5.82 Å². The topological polar surface area (TPSA) is 70.7 Å². The van der Waals surface area contributed by atoms with Crippen LogP contribution in [0.3, 0.4) is 0 Å². The molecule has 2 aromatic heterocycles. The molecule has 0 saturated heterocycles. The first-order valence-corrected chi connectivity index (χ1v) is 12.2. The summed E-state index contributed by atoms with van der Waals surface area (Å²) in [5, 5.41) is 17.9. The number of halogens is 1. The van der Waals surface area contributed by atoms with Gasteiger partial charge in [0.05, 0.1) is 19.2 Å². The molecule has 7 nitrogen and oxygen atoms in total. The molecule has 0 spiro atoms. The van der Waals surface area contributed by atoms with Crippen LogP contribution in [0.4, 0.5) is 4.39 Å². The van der Waals surface area contributed by atoms with E-state index < -0.39 is 0 Å². The van der Waals surface area contributed by atoms with Crippen molar-refractivity contribution in [3.05, 3.63) is 53.6 Å². The van der Waals surface area contributed by atoms with Gasteiger partial charge in [0.1, 0.15) is 23.8 Å². The number of fused-ring (bicyclic) bond motifs is 1. The van der Waals surface area contributed by atoms with Gasteiger partial charge in [-0.1, -0.05) is 50.3 Å². The SMILES string of the molecule is Cc1cccc2c(-c3cc(OCCCC4CCCCC4)ccc3F)nn(Cc3nnn(C)n3)c12. The van der Waals surface area contributed by atoms with E-state index in [1.807, 2.05) is 29.8 Å². The number of benzene rings is 2. The molecule has 0 unspecified atom stereocenters. The van der Waals surface area contributed by atoms with Gasteiger partial charge in [0.15, 0.2) is 5.82 Å². The van der Waals surface area contributed by atoms with Gasteiger partial charge in [-0.2, -0.15) is 9.90 Å². The third-order valence-electron chi connectivity index (χ3n) is 6.76.